The third-order valence-corrected chi connectivity index (χ3v) is 4.84. The molecule has 148 valence electrons. The van der Waals surface area contributed by atoms with Gasteiger partial charge in [-0.25, -0.2) is 4.39 Å². The van der Waals surface area contributed by atoms with Crippen LogP contribution in [0.25, 0.3) is 0 Å². The number of carbonyl (C=O) groups excluding carboxylic acids is 2. The van der Waals surface area contributed by atoms with Gasteiger partial charge in [-0.15, -0.1) is 0 Å². The summed E-state index contributed by atoms with van der Waals surface area (Å²) in [5.74, 6) is 0.321. The number of ether oxygens (including phenoxy) is 1. The summed E-state index contributed by atoms with van der Waals surface area (Å²) >= 11 is 0. The average Bonchev–Trinajstić information content (AvgIpc) is 2.70. The fraction of sp³-hybridized carbons (Fsp3) is 0.364. The number of hydrogen-bond donors (Lipinski definition) is 1. The molecule has 1 saturated heterocycles. The molecule has 0 aromatic heterocycles. The number of benzene rings is 2. The molecule has 1 heterocycles. The molecule has 0 saturated carbocycles. The summed E-state index contributed by atoms with van der Waals surface area (Å²) < 4.78 is 18.4. The SMILES string of the molecule is CCOc1ccc(CC(=O)NC2CCN(C(=O)c3ccc(F)cc3)CC2)cc1. The minimum absolute atomic E-state index is 0.0209. The van der Waals surface area contributed by atoms with Crippen molar-refractivity contribution in [2.75, 3.05) is 19.7 Å². The number of likely N-dealkylation sites (tertiary alicyclic amines) is 1. The molecule has 0 spiro atoms. The Morgan fingerprint density at radius 2 is 1.71 bits per heavy atom. The van der Waals surface area contributed by atoms with E-state index >= 15 is 0 Å². The zero-order chi connectivity index (χ0) is 19.9. The van der Waals surface area contributed by atoms with Crippen molar-refractivity contribution < 1.29 is 18.7 Å². The highest BCUT2D eigenvalue weighted by Crippen LogP contribution is 2.16. The molecule has 5 nitrogen and oxygen atoms in total. The summed E-state index contributed by atoms with van der Waals surface area (Å²) in [6, 6.07) is 13.2. The molecule has 0 radical (unpaired) electrons. The normalized spacial score (nSPS) is 14.6. The van der Waals surface area contributed by atoms with E-state index in [4.69, 9.17) is 4.74 Å². The molecule has 1 N–H and O–H groups in total. The van der Waals surface area contributed by atoms with Crippen LogP contribution in [-0.2, 0) is 11.2 Å². The molecule has 2 amide bonds. The number of nitrogens with zero attached hydrogens (tertiary/aromatic N) is 1. The number of amides is 2. The Kier molecular flexibility index (Phi) is 6.63. The number of rotatable bonds is 6. The lowest BCUT2D eigenvalue weighted by molar-refractivity contribution is -0.121. The molecule has 1 aliphatic heterocycles. The summed E-state index contributed by atoms with van der Waals surface area (Å²) in [6.07, 6.45) is 1.74. The molecule has 1 fully saturated rings. The summed E-state index contributed by atoms with van der Waals surface area (Å²) in [5, 5.41) is 3.06. The maximum Gasteiger partial charge on any atom is 0.253 e. The fourth-order valence-corrected chi connectivity index (χ4v) is 3.34. The van der Waals surface area contributed by atoms with Gasteiger partial charge < -0.3 is 15.0 Å². The molecule has 0 unspecified atom stereocenters. The van der Waals surface area contributed by atoms with Crippen LogP contribution in [0.3, 0.4) is 0 Å². The highest BCUT2D eigenvalue weighted by Gasteiger charge is 2.24. The van der Waals surface area contributed by atoms with E-state index in [1.807, 2.05) is 31.2 Å². The maximum atomic E-state index is 13.0. The lowest BCUT2D eigenvalue weighted by Gasteiger charge is -2.32. The summed E-state index contributed by atoms with van der Waals surface area (Å²) in [6.45, 7) is 3.69. The van der Waals surface area contributed by atoms with E-state index in [9.17, 15) is 14.0 Å². The molecule has 28 heavy (non-hydrogen) atoms. The molecule has 0 bridgehead atoms. The van der Waals surface area contributed by atoms with Gasteiger partial charge in [-0.3, -0.25) is 9.59 Å². The number of piperidine rings is 1. The van der Waals surface area contributed by atoms with E-state index < -0.39 is 0 Å². The van der Waals surface area contributed by atoms with Crippen molar-refractivity contribution in [1.82, 2.24) is 10.2 Å². The monoisotopic (exact) mass is 384 g/mol. The Morgan fingerprint density at radius 1 is 1.07 bits per heavy atom. The molecule has 2 aromatic carbocycles. The molecular weight excluding hydrogens is 359 g/mol. The van der Waals surface area contributed by atoms with Gasteiger partial charge in [0.1, 0.15) is 11.6 Å². The van der Waals surface area contributed by atoms with Crippen LogP contribution >= 0.6 is 0 Å². The minimum Gasteiger partial charge on any atom is -0.494 e. The van der Waals surface area contributed by atoms with Gasteiger partial charge in [0.05, 0.1) is 13.0 Å². The number of nitrogens with one attached hydrogen (secondary N) is 1. The highest BCUT2D eigenvalue weighted by atomic mass is 19.1. The first-order valence-corrected chi connectivity index (χ1v) is 9.61. The molecule has 1 aliphatic rings. The van der Waals surface area contributed by atoms with Crippen molar-refractivity contribution >= 4 is 11.8 Å². The van der Waals surface area contributed by atoms with Gasteiger partial charge in [-0.2, -0.15) is 0 Å². The zero-order valence-electron chi connectivity index (χ0n) is 16.0. The average molecular weight is 384 g/mol. The predicted molar refractivity (Wildman–Crippen MR) is 105 cm³/mol. The summed E-state index contributed by atoms with van der Waals surface area (Å²) in [5.41, 5.74) is 1.42. The van der Waals surface area contributed by atoms with E-state index in [0.29, 0.717) is 44.5 Å². The van der Waals surface area contributed by atoms with Crippen molar-refractivity contribution in [3.05, 3.63) is 65.5 Å². The predicted octanol–water partition coefficient (Wildman–Crippen LogP) is 3.19. The van der Waals surface area contributed by atoms with E-state index in [-0.39, 0.29) is 23.7 Å². The maximum absolute atomic E-state index is 13.0. The van der Waals surface area contributed by atoms with Crippen LogP contribution in [-0.4, -0.2) is 42.5 Å². The molecule has 2 aromatic rings. The third-order valence-electron chi connectivity index (χ3n) is 4.84. The highest BCUT2D eigenvalue weighted by molar-refractivity contribution is 5.94. The van der Waals surface area contributed by atoms with Crippen LogP contribution in [0, 0.1) is 5.82 Å². The van der Waals surface area contributed by atoms with Crippen molar-refractivity contribution in [3.63, 3.8) is 0 Å². The van der Waals surface area contributed by atoms with E-state index in [1.165, 1.54) is 24.3 Å². The van der Waals surface area contributed by atoms with Crippen LogP contribution < -0.4 is 10.1 Å². The summed E-state index contributed by atoms with van der Waals surface area (Å²) in [7, 11) is 0. The molecular formula is C22H25FN2O3. The molecule has 6 heteroatoms. The first kappa shape index (κ1) is 19.9. The second kappa shape index (κ2) is 9.35. The van der Waals surface area contributed by atoms with Gasteiger partial charge in [-0.1, -0.05) is 12.1 Å². The topological polar surface area (TPSA) is 58.6 Å². The van der Waals surface area contributed by atoms with E-state index in [0.717, 1.165) is 11.3 Å². The number of carbonyl (C=O) groups is 2. The molecule has 0 aliphatic carbocycles. The Hall–Kier alpha value is -2.89. The lowest BCUT2D eigenvalue weighted by atomic mass is 10.0. The smallest absolute Gasteiger partial charge is 0.253 e. The minimum atomic E-state index is -0.356. The largest absolute Gasteiger partial charge is 0.494 e. The van der Waals surface area contributed by atoms with Crippen LogP contribution in [0.2, 0.25) is 0 Å². The van der Waals surface area contributed by atoms with Crippen molar-refractivity contribution in [2.45, 2.75) is 32.2 Å². The van der Waals surface area contributed by atoms with Crippen LogP contribution in [0.1, 0.15) is 35.7 Å². The molecule has 3 rings (SSSR count). The van der Waals surface area contributed by atoms with Gasteiger partial charge >= 0.3 is 0 Å². The van der Waals surface area contributed by atoms with Crippen molar-refractivity contribution in [3.8, 4) is 5.75 Å². The Balaban J connectivity index is 1.45. The van der Waals surface area contributed by atoms with Crippen molar-refractivity contribution in [2.24, 2.45) is 0 Å². The number of halogens is 1. The first-order valence-electron chi connectivity index (χ1n) is 9.61. The van der Waals surface area contributed by atoms with E-state index in [1.54, 1.807) is 4.90 Å². The lowest BCUT2D eigenvalue weighted by Crippen LogP contribution is -2.46. The van der Waals surface area contributed by atoms with Crippen LogP contribution in [0.5, 0.6) is 5.75 Å². The van der Waals surface area contributed by atoms with Gasteiger partial charge in [0.15, 0.2) is 0 Å². The molecule has 0 atom stereocenters. The zero-order valence-corrected chi connectivity index (χ0v) is 16.0. The Labute approximate surface area is 164 Å². The third kappa shape index (κ3) is 5.31. The Morgan fingerprint density at radius 3 is 2.32 bits per heavy atom. The van der Waals surface area contributed by atoms with Gasteiger partial charge in [-0.05, 0) is 61.7 Å². The quantitative estimate of drug-likeness (QED) is 0.832. The Bertz CT molecular complexity index is 798. The van der Waals surface area contributed by atoms with Crippen LogP contribution in [0.4, 0.5) is 4.39 Å². The first-order chi connectivity index (χ1) is 13.5. The van der Waals surface area contributed by atoms with Gasteiger partial charge in [0.2, 0.25) is 5.91 Å². The van der Waals surface area contributed by atoms with E-state index in [2.05, 4.69) is 5.32 Å². The van der Waals surface area contributed by atoms with Crippen LogP contribution in [0.15, 0.2) is 48.5 Å². The van der Waals surface area contributed by atoms with Crippen molar-refractivity contribution in [1.29, 1.82) is 0 Å². The standard InChI is InChI=1S/C22H25FN2O3/c1-2-28-20-9-3-16(4-10-20)15-21(26)24-19-11-13-25(14-12-19)22(27)17-5-7-18(23)8-6-17/h3-10,19H,2,11-15H2,1H3,(H,24,26). The van der Waals surface area contributed by atoms with Gasteiger partial charge in [0, 0.05) is 24.7 Å². The second-order valence-electron chi connectivity index (χ2n) is 6.89. The summed E-state index contributed by atoms with van der Waals surface area (Å²) in [4.78, 5) is 26.5. The number of hydrogen-bond acceptors (Lipinski definition) is 3. The van der Waals surface area contributed by atoms with Gasteiger partial charge in [0.25, 0.3) is 5.91 Å². The second-order valence-corrected chi connectivity index (χ2v) is 6.89. The fourth-order valence-electron chi connectivity index (χ4n) is 3.34.